The van der Waals surface area contributed by atoms with Crippen LogP contribution in [0.1, 0.15) is 34.8 Å². The predicted octanol–water partition coefficient (Wildman–Crippen LogP) is 4.17. The van der Waals surface area contributed by atoms with Gasteiger partial charge < -0.3 is 4.74 Å². The number of hydrogen-bond acceptors (Lipinski definition) is 2. The van der Waals surface area contributed by atoms with Gasteiger partial charge in [-0.3, -0.25) is 0 Å². The van der Waals surface area contributed by atoms with Gasteiger partial charge in [-0.2, -0.15) is 0 Å². The second kappa shape index (κ2) is 4.98. The van der Waals surface area contributed by atoms with Crippen LogP contribution < -0.4 is 0 Å². The first kappa shape index (κ1) is 11.6. The van der Waals surface area contributed by atoms with Crippen LogP contribution in [-0.4, -0.2) is 12.7 Å². The molecule has 0 saturated carbocycles. The molecule has 3 unspecified atom stereocenters. The molecule has 3 heteroatoms. The Hall–Kier alpha value is 0.140. The van der Waals surface area contributed by atoms with E-state index in [0.717, 1.165) is 13.0 Å². The third kappa shape index (κ3) is 2.63. The highest BCUT2D eigenvalue weighted by atomic mass is 79.9. The van der Waals surface area contributed by atoms with Crippen molar-refractivity contribution in [3.05, 3.63) is 21.9 Å². The lowest BCUT2D eigenvalue weighted by atomic mass is 10.0. The molecule has 1 fully saturated rings. The van der Waals surface area contributed by atoms with Gasteiger partial charge in [0.25, 0.3) is 0 Å². The van der Waals surface area contributed by atoms with Crippen molar-refractivity contribution in [1.29, 1.82) is 0 Å². The molecule has 0 amide bonds. The summed E-state index contributed by atoms with van der Waals surface area (Å²) in [5, 5.41) is 0. The zero-order valence-corrected chi connectivity index (χ0v) is 11.6. The van der Waals surface area contributed by atoms with Crippen molar-refractivity contribution in [3.63, 3.8) is 0 Å². The Morgan fingerprint density at radius 1 is 1.60 bits per heavy atom. The lowest BCUT2D eigenvalue weighted by Crippen LogP contribution is -2.06. The molecular weight excluding hydrogens is 272 g/mol. The molecule has 2 heterocycles. The molecule has 0 radical (unpaired) electrons. The molecule has 1 saturated heterocycles. The number of rotatable bonds is 3. The van der Waals surface area contributed by atoms with Crippen LogP contribution in [0.5, 0.6) is 0 Å². The maximum absolute atomic E-state index is 5.62. The van der Waals surface area contributed by atoms with Crippen molar-refractivity contribution in [2.24, 2.45) is 5.92 Å². The van der Waals surface area contributed by atoms with Crippen LogP contribution in [0.15, 0.2) is 12.1 Å². The van der Waals surface area contributed by atoms with Gasteiger partial charge in [0.2, 0.25) is 0 Å². The highest BCUT2D eigenvalue weighted by Crippen LogP contribution is 2.40. The molecule has 0 N–H and O–H groups in total. The van der Waals surface area contributed by atoms with Crippen LogP contribution in [0.3, 0.4) is 0 Å². The summed E-state index contributed by atoms with van der Waals surface area (Å²) in [5.74, 6) is 0.642. The van der Waals surface area contributed by atoms with Gasteiger partial charge in [0.15, 0.2) is 0 Å². The van der Waals surface area contributed by atoms with Gasteiger partial charge in [-0.1, -0.05) is 22.9 Å². The molecule has 84 valence electrons. The molecule has 1 aromatic heterocycles. The fourth-order valence-corrected chi connectivity index (χ4v) is 3.84. The highest BCUT2D eigenvalue weighted by Gasteiger charge is 2.29. The van der Waals surface area contributed by atoms with Crippen LogP contribution in [0, 0.1) is 5.92 Å². The molecule has 0 bridgehead atoms. The lowest BCUT2D eigenvalue weighted by molar-refractivity contribution is 0.120. The smallest absolute Gasteiger partial charge is 0.0551 e. The second-order valence-corrected chi connectivity index (χ2v) is 6.39. The average molecular weight is 289 g/mol. The molecule has 0 spiro atoms. The number of thiophene rings is 1. The van der Waals surface area contributed by atoms with Crippen molar-refractivity contribution in [2.45, 2.75) is 37.6 Å². The first-order valence-electron chi connectivity index (χ1n) is 5.55. The number of alkyl halides is 1. The van der Waals surface area contributed by atoms with Gasteiger partial charge in [0.1, 0.15) is 0 Å². The van der Waals surface area contributed by atoms with Crippen molar-refractivity contribution in [2.75, 3.05) is 6.61 Å². The van der Waals surface area contributed by atoms with E-state index in [1.165, 1.54) is 16.2 Å². The van der Waals surface area contributed by atoms with Gasteiger partial charge in [-0.25, -0.2) is 0 Å². The van der Waals surface area contributed by atoms with E-state index >= 15 is 0 Å². The molecule has 3 atom stereocenters. The van der Waals surface area contributed by atoms with E-state index in [1.807, 2.05) is 11.3 Å². The topological polar surface area (TPSA) is 9.23 Å². The summed E-state index contributed by atoms with van der Waals surface area (Å²) in [4.78, 5) is 3.41. The van der Waals surface area contributed by atoms with Crippen LogP contribution in [-0.2, 0) is 11.2 Å². The Morgan fingerprint density at radius 2 is 2.40 bits per heavy atom. The standard InChI is InChI=1S/C12H17BrOS/c1-3-10-4-5-11(15-10)12(13)9-6-8(2)14-7-9/h4-5,8-9,12H,3,6-7H2,1-2H3. The summed E-state index contributed by atoms with van der Waals surface area (Å²) in [5.41, 5.74) is 0. The van der Waals surface area contributed by atoms with Crippen molar-refractivity contribution in [1.82, 2.24) is 0 Å². The molecule has 15 heavy (non-hydrogen) atoms. The zero-order chi connectivity index (χ0) is 10.8. The first-order chi connectivity index (χ1) is 7.20. The Labute approximate surface area is 104 Å². The van der Waals surface area contributed by atoms with Crippen LogP contribution in [0.2, 0.25) is 0 Å². The van der Waals surface area contributed by atoms with Gasteiger partial charge in [-0.05, 0) is 31.9 Å². The molecule has 1 aliphatic heterocycles. The Balaban J connectivity index is 2.03. The third-order valence-electron chi connectivity index (χ3n) is 2.95. The van der Waals surface area contributed by atoms with Gasteiger partial charge >= 0.3 is 0 Å². The number of halogens is 1. The summed E-state index contributed by atoms with van der Waals surface area (Å²) >= 11 is 5.74. The molecule has 1 aromatic rings. The number of hydrogen-bond donors (Lipinski definition) is 0. The fourth-order valence-electron chi connectivity index (χ4n) is 2.02. The normalized spacial score (nSPS) is 28.2. The summed E-state index contributed by atoms with van der Waals surface area (Å²) in [7, 11) is 0. The Morgan fingerprint density at radius 3 is 2.93 bits per heavy atom. The van der Waals surface area contributed by atoms with Crippen LogP contribution in [0.4, 0.5) is 0 Å². The first-order valence-corrected chi connectivity index (χ1v) is 7.28. The maximum atomic E-state index is 5.62. The van der Waals surface area contributed by atoms with Gasteiger partial charge in [0, 0.05) is 15.7 Å². The van der Waals surface area contributed by atoms with Crippen molar-refractivity contribution >= 4 is 27.3 Å². The molecule has 1 aliphatic rings. The number of aryl methyl sites for hydroxylation is 1. The van der Waals surface area contributed by atoms with E-state index < -0.39 is 0 Å². The van der Waals surface area contributed by atoms with E-state index in [4.69, 9.17) is 4.74 Å². The van der Waals surface area contributed by atoms with Crippen LogP contribution >= 0.6 is 27.3 Å². The third-order valence-corrected chi connectivity index (χ3v) is 5.80. The van der Waals surface area contributed by atoms with E-state index in [2.05, 4.69) is 41.9 Å². The monoisotopic (exact) mass is 288 g/mol. The second-order valence-electron chi connectivity index (χ2n) is 4.20. The van der Waals surface area contributed by atoms with E-state index in [1.54, 1.807) is 0 Å². The van der Waals surface area contributed by atoms with Crippen molar-refractivity contribution in [3.8, 4) is 0 Å². The minimum absolute atomic E-state index is 0.431. The minimum atomic E-state index is 0.431. The molecule has 0 aliphatic carbocycles. The zero-order valence-electron chi connectivity index (χ0n) is 9.20. The highest BCUT2D eigenvalue weighted by molar-refractivity contribution is 9.09. The van der Waals surface area contributed by atoms with Gasteiger partial charge in [-0.15, -0.1) is 11.3 Å². The largest absolute Gasteiger partial charge is 0.378 e. The predicted molar refractivity (Wildman–Crippen MR) is 68.9 cm³/mol. The maximum Gasteiger partial charge on any atom is 0.0551 e. The SMILES string of the molecule is CCc1ccc(C(Br)C2COC(C)C2)s1. The minimum Gasteiger partial charge on any atom is -0.378 e. The van der Waals surface area contributed by atoms with E-state index in [0.29, 0.717) is 16.8 Å². The Kier molecular flexibility index (Phi) is 3.86. The summed E-state index contributed by atoms with van der Waals surface area (Å²) in [6.45, 7) is 5.27. The quantitative estimate of drug-likeness (QED) is 0.759. The summed E-state index contributed by atoms with van der Waals surface area (Å²) in [6, 6.07) is 4.50. The van der Waals surface area contributed by atoms with Gasteiger partial charge in [0.05, 0.1) is 17.5 Å². The average Bonchev–Trinajstić information content (AvgIpc) is 2.84. The Bertz CT molecular complexity index is 323. The molecular formula is C12H17BrOS. The molecule has 0 aromatic carbocycles. The van der Waals surface area contributed by atoms with E-state index in [9.17, 15) is 0 Å². The summed E-state index contributed by atoms with van der Waals surface area (Å²) in [6.07, 6.45) is 2.75. The molecule has 1 nitrogen and oxygen atoms in total. The summed E-state index contributed by atoms with van der Waals surface area (Å²) < 4.78 is 5.62. The van der Waals surface area contributed by atoms with Crippen LogP contribution in [0.25, 0.3) is 0 Å². The van der Waals surface area contributed by atoms with E-state index in [-0.39, 0.29) is 0 Å². The fraction of sp³-hybridized carbons (Fsp3) is 0.667. The lowest BCUT2D eigenvalue weighted by Gasteiger charge is -2.13. The van der Waals surface area contributed by atoms with Crippen molar-refractivity contribution < 1.29 is 4.74 Å². The molecule has 2 rings (SSSR count). The number of ether oxygens (including phenoxy) is 1.